The molecule has 1 aromatic heterocycles. The Balaban J connectivity index is 1.69. The van der Waals surface area contributed by atoms with E-state index in [0.29, 0.717) is 18.9 Å². The van der Waals surface area contributed by atoms with Crippen molar-refractivity contribution in [3.63, 3.8) is 0 Å². The Labute approximate surface area is 122 Å². The molecular formula is C13H19ClN2O2S. The van der Waals surface area contributed by atoms with E-state index in [1.54, 1.807) is 18.4 Å². The van der Waals surface area contributed by atoms with E-state index in [2.05, 4.69) is 5.32 Å². The molecule has 2 rings (SSSR count). The summed E-state index contributed by atoms with van der Waals surface area (Å²) in [7, 11) is 1.69. The molecule has 6 heteroatoms. The van der Waals surface area contributed by atoms with Crippen LogP contribution in [0.5, 0.6) is 0 Å². The van der Waals surface area contributed by atoms with Crippen LogP contribution in [0, 0.1) is 5.92 Å². The van der Waals surface area contributed by atoms with Crippen LogP contribution < -0.4 is 5.32 Å². The topological polar surface area (TPSA) is 41.6 Å². The smallest absolute Gasteiger partial charge is 0.220 e. The number of carbonyl (C=O) groups excluding carboxylic acids is 1. The van der Waals surface area contributed by atoms with Crippen LogP contribution in [0.15, 0.2) is 11.4 Å². The molecule has 0 radical (unpaired) electrons. The maximum atomic E-state index is 11.9. The third-order valence-electron chi connectivity index (χ3n) is 3.44. The number of carbonyl (C=O) groups is 1. The average molecular weight is 303 g/mol. The molecule has 0 aromatic carbocycles. The maximum absolute atomic E-state index is 11.9. The lowest BCUT2D eigenvalue weighted by atomic mass is 9.94. The summed E-state index contributed by atoms with van der Waals surface area (Å²) in [6, 6.07) is 1.86. The standard InChI is InChI=1S/C13H19ClN2O2S/c1-18-16-5-2-10(3-6-16)8-13(17)15-9-12-11(14)4-7-19-12/h4,7,10H,2-3,5-6,8-9H2,1H3,(H,15,17). The molecular weight excluding hydrogens is 284 g/mol. The van der Waals surface area contributed by atoms with Crippen LogP contribution in [0.4, 0.5) is 0 Å². The molecule has 0 unspecified atom stereocenters. The highest BCUT2D eigenvalue weighted by atomic mass is 35.5. The van der Waals surface area contributed by atoms with Crippen molar-refractivity contribution in [1.29, 1.82) is 0 Å². The summed E-state index contributed by atoms with van der Waals surface area (Å²) >= 11 is 7.56. The Morgan fingerprint density at radius 3 is 2.89 bits per heavy atom. The number of nitrogens with one attached hydrogen (secondary N) is 1. The van der Waals surface area contributed by atoms with Gasteiger partial charge in [-0.1, -0.05) is 11.6 Å². The van der Waals surface area contributed by atoms with Gasteiger partial charge in [0, 0.05) is 24.4 Å². The van der Waals surface area contributed by atoms with Crippen LogP contribution in [-0.4, -0.2) is 31.2 Å². The van der Waals surface area contributed by atoms with Crippen LogP contribution >= 0.6 is 22.9 Å². The summed E-state index contributed by atoms with van der Waals surface area (Å²) in [4.78, 5) is 18.1. The van der Waals surface area contributed by atoms with Gasteiger partial charge in [-0.25, -0.2) is 0 Å². The largest absolute Gasteiger partial charge is 0.351 e. The molecule has 1 N–H and O–H groups in total. The van der Waals surface area contributed by atoms with Gasteiger partial charge in [-0.3, -0.25) is 4.79 Å². The highest BCUT2D eigenvalue weighted by molar-refractivity contribution is 7.10. The fraction of sp³-hybridized carbons (Fsp3) is 0.615. The van der Waals surface area contributed by atoms with Gasteiger partial charge >= 0.3 is 0 Å². The Morgan fingerprint density at radius 2 is 2.32 bits per heavy atom. The highest BCUT2D eigenvalue weighted by Crippen LogP contribution is 2.22. The van der Waals surface area contributed by atoms with Crippen molar-refractivity contribution in [2.75, 3.05) is 20.2 Å². The molecule has 4 nitrogen and oxygen atoms in total. The molecule has 1 fully saturated rings. The van der Waals surface area contributed by atoms with E-state index < -0.39 is 0 Å². The molecule has 2 heterocycles. The number of nitrogens with zero attached hydrogens (tertiary/aromatic N) is 1. The third kappa shape index (κ3) is 4.45. The number of rotatable bonds is 5. The van der Waals surface area contributed by atoms with E-state index in [-0.39, 0.29) is 5.91 Å². The van der Waals surface area contributed by atoms with Gasteiger partial charge in [-0.05, 0) is 30.2 Å². The number of piperidine rings is 1. The fourth-order valence-electron chi connectivity index (χ4n) is 2.26. The number of amides is 1. The zero-order chi connectivity index (χ0) is 13.7. The van der Waals surface area contributed by atoms with Crippen molar-refractivity contribution in [3.8, 4) is 0 Å². The van der Waals surface area contributed by atoms with E-state index in [1.165, 1.54) is 0 Å². The van der Waals surface area contributed by atoms with Gasteiger partial charge < -0.3 is 10.2 Å². The van der Waals surface area contributed by atoms with Gasteiger partial charge in [0.15, 0.2) is 0 Å². The van der Waals surface area contributed by atoms with Crippen LogP contribution in [0.3, 0.4) is 0 Å². The highest BCUT2D eigenvalue weighted by Gasteiger charge is 2.21. The second-order valence-electron chi connectivity index (χ2n) is 4.73. The first kappa shape index (κ1) is 14.8. The minimum Gasteiger partial charge on any atom is -0.351 e. The lowest BCUT2D eigenvalue weighted by Gasteiger charge is -2.29. The SMILES string of the molecule is CON1CCC(CC(=O)NCc2sccc2Cl)CC1. The number of hydroxylamine groups is 2. The molecule has 1 saturated heterocycles. The summed E-state index contributed by atoms with van der Waals surface area (Å²) in [5, 5.41) is 7.55. The van der Waals surface area contributed by atoms with E-state index in [4.69, 9.17) is 16.4 Å². The van der Waals surface area contributed by atoms with Crippen LogP contribution in [0.1, 0.15) is 24.1 Å². The molecule has 0 saturated carbocycles. The molecule has 1 aliphatic heterocycles. The lowest BCUT2D eigenvalue weighted by molar-refractivity contribution is -0.149. The molecule has 1 aromatic rings. The minimum absolute atomic E-state index is 0.111. The van der Waals surface area contributed by atoms with Gasteiger partial charge in [0.05, 0.1) is 18.7 Å². The molecule has 19 heavy (non-hydrogen) atoms. The maximum Gasteiger partial charge on any atom is 0.220 e. The summed E-state index contributed by atoms with van der Waals surface area (Å²) in [6.07, 6.45) is 2.63. The van der Waals surface area contributed by atoms with Crippen LogP contribution in [-0.2, 0) is 16.2 Å². The van der Waals surface area contributed by atoms with Gasteiger partial charge in [0.25, 0.3) is 0 Å². The second-order valence-corrected chi connectivity index (χ2v) is 6.14. The predicted molar refractivity (Wildman–Crippen MR) is 77.1 cm³/mol. The predicted octanol–water partition coefficient (Wildman–Crippen LogP) is 2.68. The third-order valence-corrected chi connectivity index (χ3v) is 4.83. The average Bonchev–Trinajstić information content (AvgIpc) is 2.83. The van der Waals surface area contributed by atoms with Gasteiger partial charge in [-0.15, -0.1) is 11.3 Å². The van der Waals surface area contributed by atoms with Crippen LogP contribution in [0.25, 0.3) is 0 Å². The first-order valence-corrected chi connectivity index (χ1v) is 7.72. The normalized spacial score (nSPS) is 17.6. The van der Waals surface area contributed by atoms with Gasteiger partial charge in [-0.2, -0.15) is 5.06 Å². The molecule has 0 spiro atoms. The van der Waals surface area contributed by atoms with Gasteiger partial charge in [0.2, 0.25) is 5.91 Å². The Kier molecular flexibility index (Phi) is 5.63. The zero-order valence-corrected chi connectivity index (χ0v) is 12.6. The van der Waals surface area contributed by atoms with Gasteiger partial charge in [0.1, 0.15) is 0 Å². The number of halogens is 1. The van der Waals surface area contributed by atoms with Crippen molar-refractivity contribution in [1.82, 2.24) is 10.4 Å². The molecule has 106 valence electrons. The van der Waals surface area contributed by atoms with Crippen molar-refractivity contribution in [2.45, 2.75) is 25.8 Å². The van der Waals surface area contributed by atoms with E-state index in [0.717, 1.165) is 35.8 Å². The molecule has 0 aliphatic carbocycles. The quantitative estimate of drug-likeness (QED) is 0.909. The number of thiophene rings is 1. The zero-order valence-electron chi connectivity index (χ0n) is 11.0. The summed E-state index contributed by atoms with van der Waals surface area (Å²) in [6.45, 7) is 2.35. The Morgan fingerprint density at radius 1 is 1.58 bits per heavy atom. The summed E-state index contributed by atoms with van der Waals surface area (Å²) in [5.74, 6) is 0.575. The molecule has 0 bridgehead atoms. The van der Waals surface area contributed by atoms with E-state index in [1.807, 2.05) is 16.5 Å². The number of hydrogen-bond acceptors (Lipinski definition) is 4. The van der Waals surface area contributed by atoms with Crippen molar-refractivity contribution in [3.05, 3.63) is 21.3 Å². The van der Waals surface area contributed by atoms with E-state index in [9.17, 15) is 4.79 Å². The lowest BCUT2D eigenvalue weighted by Crippen LogP contribution is -2.35. The number of hydrogen-bond donors (Lipinski definition) is 1. The first-order valence-electron chi connectivity index (χ1n) is 6.46. The molecule has 1 amide bonds. The Hall–Kier alpha value is -0.620. The Bertz CT molecular complexity index is 417. The monoisotopic (exact) mass is 302 g/mol. The molecule has 0 atom stereocenters. The summed E-state index contributed by atoms with van der Waals surface area (Å²) < 4.78 is 0. The van der Waals surface area contributed by atoms with Crippen molar-refractivity contribution in [2.24, 2.45) is 5.92 Å². The second kappa shape index (κ2) is 7.24. The van der Waals surface area contributed by atoms with Crippen LogP contribution in [0.2, 0.25) is 5.02 Å². The van der Waals surface area contributed by atoms with Crippen molar-refractivity contribution < 1.29 is 9.63 Å². The first-order chi connectivity index (χ1) is 9.19. The summed E-state index contributed by atoms with van der Waals surface area (Å²) in [5.41, 5.74) is 0. The van der Waals surface area contributed by atoms with Crippen molar-refractivity contribution >= 4 is 28.8 Å². The minimum atomic E-state index is 0.111. The van der Waals surface area contributed by atoms with E-state index >= 15 is 0 Å². The fourth-order valence-corrected chi connectivity index (χ4v) is 3.30. The molecule has 1 aliphatic rings.